The number of nitrogens with zero attached hydrogens (tertiary/aromatic N) is 2. The molecule has 78 valence electrons. The first kappa shape index (κ1) is 10.6. The topological polar surface area (TPSA) is 58.4 Å². The zero-order valence-corrected chi connectivity index (χ0v) is 8.92. The average Bonchev–Trinajstić information content (AvgIpc) is 2.60. The normalized spacial score (nSPS) is 10.0. The van der Waals surface area contributed by atoms with Crippen molar-refractivity contribution in [3.05, 3.63) is 11.6 Å². The fraction of sp³-hybridized carbons (Fsp3) is 0.556. The summed E-state index contributed by atoms with van der Waals surface area (Å²) in [5.74, 6) is 0.852. The fourth-order valence-electron chi connectivity index (χ4n) is 1.08. The molecule has 0 unspecified atom stereocenters. The lowest BCUT2D eigenvalue weighted by Crippen LogP contribution is -2.21. The van der Waals surface area contributed by atoms with Crippen molar-refractivity contribution >= 4 is 11.8 Å². The highest BCUT2D eigenvalue weighted by molar-refractivity contribution is 5.96. The second-order valence-corrected chi connectivity index (χ2v) is 3.09. The van der Waals surface area contributed by atoms with Crippen LogP contribution >= 0.6 is 0 Å². The molecule has 1 heterocycles. The lowest BCUT2D eigenvalue weighted by Gasteiger charge is -2.08. The second kappa shape index (κ2) is 4.13. The first-order valence-electron chi connectivity index (χ1n) is 4.49. The number of carbonyl (C=O) groups is 1. The molecule has 0 aromatic carbocycles. The predicted molar refractivity (Wildman–Crippen MR) is 53.6 cm³/mol. The summed E-state index contributed by atoms with van der Waals surface area (Å²) in [5, 5.41) is 2.53. The number of anilines is 1. The monoisotopic (exact) mass is 197 g/mol. The number of carbonyl (C=O) groups excluding carboxylic acids is 1. The molecule has 0 saturated carbocycles. The summed E-state index contributed by atoms with van der Waals surface area (Å²) in [6, 6.07) is 0. The van der Waals surface area contributed by atoms with Crippen LogP contribution in [0, 0.1) is 0 Å². The molecule has 1 N–H and O–H groups in total. The minimum absolute atomic E-state index is 0.225. The maximum Gasteiger partial charge on any atom is 0.275 e. The SMILES string of the molecule is CCc1nc(C(=O)NC)c(N(C)C)o1. The number of hydrogen-bond acceptors (Lipinski definition) is 4. The van der Waals surface area contributed by atoms with Gasteiger partial charge in [0.05, 0.1) is 0 Å². The molecule has 0 atom stereocenters. The molecule has 0 fully saturated rings. The predicted octanol–water partition coefficient (Wildman–Crippen LogP) is 0.663. The number of oxazole rings is 1. The van der Waals surface area contributed by atoms with Crippen LogP contribution in [0.2, 0.25) is 0 Å². The molecule has 0 aliphatic heterocycles. The van der Waals surface area contributed by atoms with Gasteiger partial charge in [0.1, 0.15) is 0 Å². The van der Waals surface area contributed by atoms with Gasteiger partial charge in [-0.15, -0.1) is 0 Å². The first-order chi connectivity index (χ1) is 6.60. The Morgan fingerprint density at radius 3 is 2.64 bits per heavy atom. The molecule has 1 aromatic rings. The molecule has 5 nitrogen and oxygen atoms in total. The van der Waals surface area contributed by atoms with Crippen LogP contribution in [0.4, 0.5) is 5.88 Å². The van der Waals surface area contributed by atoms with Crippen molar-refractivity contribution in [1.82, 2.24) is 10.3 Å². The van der Waals surface area contributed by atoms with Gasteiger partial charge in [-0.2, -0.15) is 0 Å². The number of rotatable bonds is 3. The zero-order chi connectivity index (χ0) is 10.7. The Kier molecular flexibility index (Phi) is 3.11. The second-order valence-electron chi connectivity index (χ2n) is 3.09. The van der Waals surface area contributed by atoms with Gasteiger partial charge in [-0.1, -0.05) is 6.92 Å². The maximum absolute atomic E-state index is 11.4. The van der Waals surface area contributed by atoms with Crippen molar-refractivity contribution in [1.29, 1.82) is 0 Å². The van der Waals surface area contributed by atoms with E-state index in [2.05, 4.69) is 10.3 Å². The molecular formula is C9H15N3O2. The molecule has 14 heavy (non-hydrogen) atoms. The van der Waals surface area contributed by atoms with Crippen molar-refractivity contribution < 1.29 is 9.21 Å². The Bertz CT molecular complexity index is 331. The third kappa shape index (κ3) is 1.86. The molecule has 0 bridgehead atoms. The van der Waals surface area contributed by atoms with Crippen LogP contribution in [-0.4, -0.2) is 32.0 Å². The largest absolute Gasteiger partial charge is 0.424 e. The van der Waals surface area contributed by atoms with E-state index >= 15 is 0 Å². The number of aromatic nitrogens is 1. The summed E-state index contributed by atoms with van der Waals surface area (Å²) < 4.78 is 5.40. The van der Waals surface area contributed by atoms with Gasteiger partial charge in [0.2, 0.25) is 5.88 Å². The van der Waals surface area contributed by atoms with Gasteiger partial charge >= 0.3 is 0 Å². The van der Waals surface area contributed by atoms with Crippen LogP contribution in [0.1, 0.15) is 23.3 Å². The molecule has 1 amide bonds. The third-order valence-corrected chi connectivity index (χ3v) is 1.80. The van der Waals surface area contributed by atoms with Crippen LogP contribution in [0.3, 0.4) is 0 Å². The van der Waals surface area contributed by atoms with E-state index in [9.17, 15) is 4.79 Å². The Morgan fingerprint density at radius 1 is 1.57 bits per heavy atom. The van der Waals surface area contributed by atoms with E-state index in [1.807, 2.05) is 21.0 Å². The quantitative estimate of drug-likeness (QED) is 0.773. The maximum atomic E-state index is 11.4. The highest BCUT2D eigenvalue weighted by Crippen LogP contribution is 2.20. The van der Waals surface area contributed by atoms with Gasteiger partial charge in [-0.25, -0.2) is 4.98 Å². The van der Waals surface area contributed by atoms with E-state index < -0.39 is 0 Å². The molecule has 0 aliphatic carbocycles. The molecule has 0 spiro atoms. The number of nitrogens with one attached hydrogen (secondary N) is 1. The molecule has 5 heteroatoms. The lowest BCUT2D eigenvalue weighted by atomic mass is 10.4. The van der Waals surface area contributed by atoms with E-state index in [-0.39, 0.29) is 5.91 Å². The van der Waals surface area contributed by atoms with Crippen molar-refractivity contribution in [2.24, 2.45) is 0 Å². The van der Waals surface area contributed by atoms with Crippen molar-refractivity contribution in [2.75, 3.05) is 26.0 Å². The number of aryl methyl sites for hydroxylation is 1. The fourth-order valence-corrected chi connectivity index (χ4v) is 1.08. The molecule has 1 aromatic heterocycles. The van der Waals surface area contributed by atoms with Gasteiger partial charge < -0.3 is 14.6 Å². The van der Waals surface area contributed by atoms with Gasteiger partial charge in [-0.3, -0.25) is 4.79 Å². The van der Waals surface area contributed by atoms with Crippen LogP contribution < -0.4 is 10.2 Å². The molecule has 0 saturated heterocycles. The Balaban J connectivity index is 3.12. The van der Waals surface area contributed by atoms with Crippen LogP contribution in [-0.2, 0) is 6.42 Å². The van der Waals surface area contributed by atoms with E-state index in [0.29, 0.717) is 23.9 Å². The zero-order valence-electron chi connectivity index (χ0n) is 8.92. The van der Waals surface area contributed by atoms with Gasteiger partial charge in [0.15, 0.2) is 11.6 Å². The highest BCUT2D eigenvalue weighted by atomic mass is 16.4. The highest BCUT2D eigenvalue weighted by Gasteiger charge is 2.19. The van der Waals surface area contributed by atoms with E-state index in [0.717, 1.165) is 0 Å². The Morgan fingerprint density at radius 2 is 2.21 bits per heavy atom. The molecular weight excluding hydrogens is 182 g/mol. The van der Waals surface area contributed by atoms with Crippen LogP contribution in [0.15, 0.2) is 4.42 Å². The van der Waals surface area contributed by atoms with Gasteiger partial charge in [-0.05, 0) is 0 Å². The van der Waals surface area contributed by atoms with Crippen molar-refractivity contribution in [2.45, 2.75) is 13.3 Å². The summed E-state index contributed by atoms with van der Waals surface area (Å²) in [5.41, 5.74) is 0.342. The summed E-state index contributed by atoms with van der Waals surface area (Å²) in [7, 11) is 5.20. The minimum Gasteiger partial charge on any atom is -0.424 e. The summed E-state index contributed by atoms with van der Waals surface area (Å²) in [6.07, 6.45) is 0.678. The van der Waals surface area contributed by atoms with Crippen molar-refractivity contribution in [3.8, 4) is 0 Å². The minimum atomic E-state index is -0.225. The molecule has 0 radical (unpaired) electrons. The first-order valence-corrected chi connectivity index (χ1v) is 4.49. The van der Waals surface area contributed by atoms with Gasteiger partial charge in [0.25, 0.3) is 5.91 Å². The van der Waals surface area contributed by atoms with E-state index in [1.165, 1.54) is 0 Å². The van der Waals surface area contributed by atoms with E-state index in [1.54, 1.807) is 11.9 Å². The summed E-state index contributed by atoms with van der Waals surface area (Å²) in [4.78, 5) is 17.2. The third-order valence-electron chi connectivity index (χ3n) is 1.80. The van der Waals surface area contributed by atoms with Gasteiger partial charge in [0, 0.05) is 27.6 Å². The van der Waals surface area contributed by atoms with Crippen LogP contribution in [0.5, 0.6) is 0 Å². The number of amides is 1. The lowest BCUT2D eigenvalue weighted by molar-refractivity contribution is 0.0959. The smallest absolute Gasteiger partial charge is 0.275 e. The summed E-state index contributed by atoms with van der Waals surface area (Å²) >= 11 is 0. The Labute approximate surface area is 83.1 Å². The number of hydrogen-bond donors (Lipinski definition) is 1. The molecule has 0 aliphatic rings. The van der Waals surface area contributed by atoms with E-state index in [4.69, 9.17) is 4.42 Å². The molecule has 1 rings (SSSR count). The standard InChI is InChI=1S/C9H15N3O2/c1-5-6-11-7(8(13)10-2)9(14-6)12(3)4/h5H2,1-4H3,(H,10,13). The van der Waals surface area contributed by atoms with Crippen molar-refractivity contribution in [3.63, 3.8) is 0 Å². The van der Waals surface area contributed by atoms with Crippen LogP contribution in [0.25, 0.3) is 0 Å². The Hall–Kier alpha value is -1.52. The summed E-state index contributed by atoms with van der Waals surface area (Å²) in [6.45, 7) is 1.93. The average molecular weight is 197 g/mol.